The van der Waals surface area contributed by atoms with Crippen molar-refractivity contribution in [2.24, 2.45) is 0 Å². The number of Topliss-reactive ketones (excluding diaryl/α,β-unsaturated/α-hetero) is 1. The zero-order chi connectivity index (χ0) is 28.2. The number of rotatable bonds is 8. The van der Waals surface area contributed by atoms with Gasteiger partial charge in [0.2, 0.25) is 5.88 Å². The van der Waals surface area contributed by atoms with E-state index in [0.717, 1.165) is 5.56 Å². The second-order valence-corrected chi connectivity index (χ2v) is 12.3. The Morgan fingerprint density at radius 2 is 1.88 bits per heavy atom. The largest absolute Gasteiger partial charge is 0.439 e. The number of halogens is 2. The van der Waals surface area contributed by atoms with Crippen LogP contribution in [0.25, 0.3) is 11.8 Å². The zero-order valence-corrected chi connectivity index (χ0v) is 22.2. The van der Waals surface area contributed by atoms with Crippen molar-refractivity contribution in [2.75, 3.05) is 5.73 Å². The molecular formula is C29H24F2N4O4S. The molecule has 2 aromatic heterocycles. The van der Waals surface area contributed by atoms with Gasteiger partial charge in [-0.3, -0.25) is 4.79 Å². The molecule has 1 fully saturated rings. The number of anilines is 1. The Labute approximate surface area is 229 Å². The van der Waals surface area contributed by atoms with Crippen LogP contribution < -0.4 is 10.5 Å². The molecule has 4 aromatic rings. The molecule has 0 bridgehead atoms. The number of nitrogen functional groups attached to an aromatic ring is 1. The maximum Gasteiger partial charge on any atom is 0.219 e. The smallest absolute Gasteiger partial charge is 0.219 e. The number of nitrogens with zero attached hydrogens (tertiary/aromatic N) is 3. The number of aryl methyl sites for hydroxylation is 1. The van der Waals surface area contributed by atoms with Crippen molar-refractivity contribution in [1.82, 2.24) is 14.8 Å². The number of nitrogens with two attached hydrogens (primary N) is 1. The first-order valence-electron chi connectivity index (χ1n) is 12.6. The van der Waals surface area contributed by atoms with Crippen LogP contribution in [-0.2, 0) is 22.0 Å². The Balaban J connectivity index is 1.20. The van der Waals surface area contributed by atoms with Gasteiger partial charge in [-0.2, -0.15) is 5.10 Å². The third-order valence-electron chi connectivity index (χ3n) is 7.07. The number of hydrogen-bond donors (Lipinski definition) is 1. The molecule has 2 aliphatic carbocycles. The van der Waals surface area contributed by atoms with E-state index in [1.165, 1.54) is 47.4 Å². The lowest BCUT2D eigenvalue weighted by atomic mass is 10.0. The predicted molar refractivity (Wildman–Crippen MR) is 145 cm³/mol. The Hall–Kier alpha value is -4.38. The van der Waals surface area contributed by atoms with Gasteiger partial charge in [-0.15, -0.1) is 0 Å². The molecule has 0 atom stereocenters. The van der Waals surface area contributed by atoms with Gasteiger partial charge in [-0.1, -0.05) is 6.07 Å². The topological polar surface area (TPSA) is 117 Å². The lowest BCUT2D eigenvalue weighted by Gasteiger charge is -2.11. The highest BCUT2D eigenvalue weighted by Crippen LogP contribution is 2.35. The van der Waals surface area contributed by atoms with Crippen molar-refractivity contribution in [2.45, 2.75) is 37.2 Å². The second kappa shape index (κ2) is 9.67. The number of benzene rings is 2. The fourth-order valence-corrected chi connectivity index (χ4v) is 6.50. The Morgan fingerprint density at radius 1 is 1.12 bits per heavy atom. The lowest BCUT2D eigenvalue weighted by molar-refractivity contribution is 0.103. The van der Waals surface area contributed by atoms with Crippen LogP contribution in [0.15, 0.2) is 60.4 Å². The summed E-state index contributed by atoms with van der Waals surface area (Å²) >= 11 is 0. The van der Waals surface area contributed by atoms with Gasteiger partial charge >= 0.3 is 0 Å². The van der Waals surface area contributed by atoms with Gasteiger partial charge in [0, 0.05) is 23.6 Å². The molecule has 0 amide bonds. The van der Waals surface area contributed by atoms with Crippen molar-refractivity contribution < 1.29 is 26.7 Å². The first-order valence-corrected chi connectivity index (χ1v) is 14.3. The summed E-state index contributed by atoms with van der Waals surface area (Å²) in [4.78, 5) is 17.7. The molecule has 2 N–H and O–H groups in total. The summed E-state index contributed by atoms with van der Waals surface area (Å²) in [6, 6.07) is 10.0. The Morgan fingerprint density at radius 3 is 2.58 bits per heavy atom. The van der Waals surface area contributed by atoms with E-state index < -0.39 is 15.7 Å². The molecular weight excluding hydrogens is 538 g/mol. The van der Waals surface area contributed by atoms with Gasteiger partial charge < -0.3 is 10.5 Å². The third kappa shape index (κ3) is 4.88. The normalized spacial score (nSPS) is 14.6. The third-order valence-corrected chi connectivity index (χ3v) is 9.27. The monoisotopic (exact) mass is 562 g/mol. The van der Waals surface area contributed by atoms with Crippen molar-refractivity contribution in [3.63, 3.8) is 0 Å². The molecule has 1 saturated carbocycles. The highest BCUT2D eigenvalue weighted by molar-refractivity contribution is 7.91. The molecule has 11 heteroatoms. The molecule has 0 unspecified atom stereocenters. The van der Waals surface area contributed by atoms with E-state index in [1.807, 2.05) is 6.92 Å². The molecule has 0 radical (unpaired) electrons. The number of pyridine rings is 1. The van der Waals surface area contributed by atoms with E-state index in [1.54, 1.807) is 18.2 Å². The van der Waals surface area contributed by atoms with Crippen LogP contribution in [0.2, 0.25) is 0 Å². The summed E-state index contributed by atoms with van der Waals surface area (Å²) < 4.78 is 59.7. The second-order valence-electron chi connectivity index (χ2n) is 10.0. The highest BCUT2D eigenvalue weighted by atomic mass is 32.2. The molecule has 8 nitrogen and oxygen atoms in total. The molecule has 0 spiro atoms. The number of allylic oxidation sites excluding steroid dienone is 1. The SMILES string of the molecule is Cc1cc(Oc2ccc(F)cc2)ncc1-n1ncc(C(=O)C2=Cc3cc(F)c(CS(=O)(=O)C4CC4)cc3C2)c1N. The van der Waals surface area contributed by atoms with Crippen LogP contribution in [-0.4, -0.2) is 34.2 Å². The molecule has 204 valence electrons. The van der Waals surface area contributed by atoms with Gasteiger partial charge in [-0.25, -0.2) is 26.9 Å². The molecule has 2 aliphatic rings. The minimum absolute atomic E-state index is 0.112. The number of fused-ring (bicyclic) bond motifs is 1. The fraction of sp³-hybridized carbons (Fsp3) is 0.207. The average molecular weight is 563 g/mol. The molecule has 0 aliphatic heterocycles. The number of aromatic nitrogens is 3. The maximum absolute atomic E-state index is 14.7. The summed E-state index contributed by atoms with van der Waals surface area (Å²) in [6.07, 6.45) is 5.95. The molecule has 2 aromatic carbocycles. The van der Waals surface area contributed by atoms with Crippen LogP contribution >= 0.6 is 0 Å². The maximum atomic E-state index is 14.7. The van der Waals surface area contributed by atoms with E-state index >= 15 is 0 Å². The van der Waals surface area contributed by atoms with Crippen LogP contribution in [0, 0.1) is 18.6 Å². The Kier molecular flexibility index (Phi) is 6.25. The number of sulfone groups is 1. The molecule has 2 heterocycles. The summed E-state index contributed by atoms with van der Waals surface area (Å²) in [7, 11) is -3.38. The zero-order valence-electron chi connectivity index (χ0n) is 21.4. The Bertz CT molecular complexity index is 1810. The summed E-state index contributed by atoms with van der Waals surface area (Å²) in [5.74, 6) is -0.846. The van der Waals surface area contributed by atoms with Gasteiger partial charge in [0.15, 0.2) is 15.6 Å². The number of hydrogen-bond acceptors (Lipinski definition) is 7. The van der Waals surface area contributed by atoms with Gasteiger partial charge in [0.05, 0.1) is 34.6 Å². The number of carbonyl (C=O) groups is 1. The number of ketones is 1. The quantitative estimate of drug-likeness (QED) is 0.296. The fourth-order valence-electron chi connectivity index (χ4n) is 4.76. The van der Waals surface area contributed by atoms with Crippen molar-refractivity contribution in [1.29, 1.82) is 0 Å². The van der Waals surface area contributed by atoms with Crippen LogP contribution in [0.3, 0.4) is 0 Å². The summed E-state index contributed by atoms with van der Waals surface area (Å²) in [5.41, 5.74) is 9.53. The number of ether oxygens (including phenoxy) is 1. The van der Waals surface area contributed by atoms with Gasteiger partial charge in [0.25, 0.3) is 0 Å². The minimum Gasteiger partial charge on any atom is -0.439 e. The first kappa shape index (κ1) is 25.9. The van der Waals surface area contributed by atoms with E-state index in [4.69, 9.17) is 10.5 Å². The first-order chi connectivity index (χ1) is 19.1. The van der Waals surface area contributed by atoms with Gasteiger partial charge in [0.1, 0.15) is 23.2 Å². The molecule has 40 heavy (non-hydrogen) atoms. The molecule has 6 rings (SSSR count). The van der Waals surface area contributed by atoms with Crippen molar-refractivity contribution in [3.8, 4) is 17.3 Å². The van der Waals surface area contributed by atoms with Crippen molar-refractivity contribution in [3.05, 3.63) is 99.9 Å². The summed E-state index contributed by atoms with van der Waals surface area (Å²) in [6.45, 7) is 1.81. The highest BCUT2D eigenvalue weighted by Gasteiger charge is 2.36. The van der Waals surface area contributed by atoms with E-state index in [-0.39, 0.29) is 46.0 Å². The average Bonchev–Trinajstić information content (AvgIpc) is 3.61. The number of carbonyl (C=O) groups excluding carboxylic acids is 1. The van der Waals surface area contributed by atoms with E-state index in [9.17, 15) is 22.0 Å². The summed E-state index contributed by atoms with van der Waals surface area (Å²) in [5, 5.41) is 3.91. The van der Waals surface area contributed by atoms with Crippen molar-refractivity contribution >= 4 is 27.5 Å². The van der Waals surface area contributed by atoms with Gasteiger partial charge in [-0.05, 0) is 72.9 Å². The van der Waals surface area contributed by atoms with Crippen LogP contribution in [0.4, 0.5) is 14.6 Å². The van der Waals surface area contributed by atoms with E-state index in [2.05, 4.69) is 10.1 Å². The lowest BCUT2D eigenvalue weighted by Crippen LogP contribution is -2.11. The molecule has 0 saturated heterocycles. The van der Waals surface area contributed by atoms with Crippen LogP contribution in [0.5, 0.6) is 11.6 Å². The standard InChI is InChI=1S/C29H24F2N4O4S/c1-16-8-27(39-22-4-2-21(30)3-5-22)33-14-26(16)35-29(32)24(13-34-35)28(36)19-9-17-11-20(25(31)12-18(17)10-19)15-40(37,38)23-6-7-23/h2-5,8,10-14,23H,6-7,9,15,32H2,1H3. The van der Waals surface area contributed by atoms with E-state index in [0.29, 0.717) is 46.9 Å². The van der Waals surface area contributed by atoms with Crippen LogP contribution in [0.1, 0.15) is 45.5 Å². The predicted octanol–water partition coefficient (Wildman–Crippen LogP) is 5.13. The minimum atomic E-state index is -3.38.